The van der Waals surface area contributed by atoms with Crippen molar-refractivity contribution < 1.29 is 14.6 Å². The molecule has 0 bridgehead atoms. The molecule has 0 radical (unpaired) electrons. The number of nitrogens with zero attached hydrogens (tertiary/aromatic N) is 1. The Morgan fingerprint density at radius 2 is 1.61 bits per heavy atom. The van der Waals surface area contributed by atoms with Gasteiger partial charge in [-0.05, 0) is 59.2 Å². The number of nitriles is 1. The number of carbonyl (C=O) groups is 1. The summed E-state index contributed by atoms with van der Waals surface area (Å²) in [6.45, 7) is 14.0. The summed E-state index contributed by atoms with van der Waals surface area (Å²) in [4.78, 5) is 12.9. The Morgan fingerprint density at radius 3 is 2.06 bits per heavy atom. The molecule has 164 valence electrons. The van der Waals surface area contributed by atoms with E-state index in [1.807, 2.05) is 72.7 Å². The predicted molar refractivity (Wildman–Crippen MR) is 125 cm³/mol. The minimum absolute atomic E-state index is 0.0334. The second kappa shape index (κ2) is 8.85. The van der Waals surface area contributed by atoms with Crippen LogP contribution >= 0.6 is 0 Å². The first-order valence-corrected chi connectivity index (χ1v) is 10.2. The molecule has 0 aromatic heterocycles. The minimum atomic E-state index is -0.519. The smallest absolute Gasteiger partial charge is 0.266 e. The van der Waals surface area contributed by atoms with Crippen molar-refractivity contribution in [2.24, 2.45) is 0 Å². The largest absolute Gasteiger partial charge is 0.507 e. The van der Waals surface area contributed by atoms with E-state index in [-0.39, 0.29) is 22.2 Å². The Morgan fingerprint density at radius 1 is 1.06 bits per heavy atom. The zero-order chi connectivity index (χ0) is 23.6. The second-order valence-corrected chi connectivity index (χ2v) is 9.79. The quantitative estimate of drug-likeness (QED) is 0.480. The molecule has 31 heavy (non-hydrogen) atoms. The Hall–Kier alpha value is -3.26. The Labute approximate surface area is 185 Å². The predicted octanol–water partition coefficient (Wildman–Crippen LogP) is 5.85. The molecule has 0 atom stereocenters. The van der Waals surface area contributed by atoms with Crippen LogP contribution < -0.4 is 10.1 Å². The SMILES string of the molecule is COc1ccc(C)cc1NC(=O)/C(C#N)=C/c1cc(C(C)(C)C)c(O)c(C(C)(C)C)c1. The summed E-state index contributed by atoms with van der Waals surface area (Å²) in [6.07, 6.45) is 1.56. The summed E-state index contributed by atoms with van der Waals surface area (Å²) >= 11 is 0. The van der Waals surface area contributed by atoms with Gasteiger partial charge in [0.25, 0.3) is 5.91 Å². The van der Waals surface area contributed by atoms with Gasteiger partial charge in [0.05, 0.1) is 12.8 Å². The maximum atomic E-state index is 12.9. The number of hydrogen-bond donors (Lipinski definition) is 2. The van der Waals surface area contributed by atoms with Crippen molar-refractivity contribution in [3.63, 3.8) is 0 Å². The fourth-order valence-corrected chi connectivity index (χ4v) is 3.31. The number of aryl methyl sites for hydroxylation is 1. The van der Waals surface area contributed by atoms with Crippen LogP contribution in [0.15, 0.2) is 35.9 Å². The normalized spacial score (nSPS) is 12.3. The minimum Gasteiger partial charge on any atom is -0.507 e. The van der Waals surface area contributed by atoms with Crippen molar-refractivity contribution in [3.05, 3.63) is 58.2 Å². The molecule has 5 heteroatoms. The van der Waals surface area contributed by atoms with Crippen LogP contribution in [0, 0.1) is 18.3 Å². The van der Waals surface area contributed by atoms with Crippen molar-refractivity contribution >= 4 is 17.7 Å². The van der Waals surface area contributed by atoms with Crippen LogP contribution in [-0.2, 0) is 15.6 Å². The summed E-state index contributed by atoms with van der Waals surface area (Å²) in [6, 6.07) is 11.1. The molecule has 0 aliphatic carbocycles. The average Bonchev–Trinajstić information content (AvgIpc) is 2.65. The first-order chi connectivity index (χ1) is 14.3. The number of anilines is 1. The van der Waals surface area contributed by atoms with Gasteiger partial charge >= 0.3 is 0 Å². The van der Waals surface area contributed by atoms with Crippen molar-refractivity contribution in [2.45, 2.75) is 59.3 Å². The van der Waals surface area contributed by atoms with Crippen LogP contribution in [0.3, 0.4) is 0 Å². The van der Waals surface area contributed by atoms with Crippen molar-refractivity contribution in [1.82, 2.24) is 0 Å². The maximum absolute atomic E-state index is 12.9. The van der Waals surface area contributed by atoms with Gasteiger partial charge in [0.2, 0.25) is 0 Å². The number of hydrogen-bond acceptors (Lipinski definition) is 4. The van der Waals surface area contributed by atoms with Gasteiger partial charge in [0.1, 0.15) is 23.1 Å². The lowest BCUT2D eigenvalue weighted by molar-refractivity contribution is -0.112. The molecule has 1 amide bonds. The van der Waals surface area contributed by atoms with Crippen LogP contribution in [-0.4, -0.2) is 18.1 Å². The number of ether oxygens (including phenoxy) is 1. The summed E-state index contributed by atoms with van der Waals surface area (Å²) in [5.41, 5.74) is 3.04. The van der Waals surface area contributed by atoms with E-state index in [9.17, 15) is 15.2 Å². The lowest BCUT2D eigenvalue weighted by atomic mass is 9.78. The molecular formula is C26H32N2O3. The van der Waals surface area contributed by atoms with E-state index in [1.165, 1.54) is 7.11 Å². The molecule has 0 fully saturated rings. The molecule has 0 aliphatic rings. The monoisotopic (exact) mass is 420 g/mol. The van der Waals surface area contributed by atoms with Gasteiger partial charge in [-0.25, -0.2) is 0 Å². The van der Waals surface area contributed by atoms with Gasteiger partial charge in [-0.3, -0.25) is 4.79 Å². The lowest BCUT2D eigenvalue weighted by Gasteiger charge is -2.28. The molecular weight excluding hydrogens is 388 g/mol. The van der Waals surface area contributed by atoms with Crippen LogP contribution in [0.2, 0.25) is 0 Å². The first-order valence-electron chi connectivity index (χ1n) is 10.2. The maximum Gasteiger partial charge on any atom is 0.266 e. The highest BCUT2D eigenvalue weighted by Crippen LogP contribution is 2.40. The lowest BCUT2D eigenvalue weighted by Crippen LogP contribution is -2.18. The number of amides is 1. The Kier molecular flexibility index (Phi) is 6.86. The zero-order valence-electron chi connectivity index (χ0n) is 19.7. The number of rotatable bonds is 4. The molecule has 2 aromatic carbocycles. The van der Waals surface area contributed by atoms with Gasteiger partial charge in [-0.15, -0.1) is 0 Å². The number of carbonyl (C=O) groups excluding carboxylic acids is 1. The van der Waals surface area contributed by atoms with Gasteiger partial charge in [0.15, 0.2) is 0 Å². The zero-order valence-corrected chi connectivity index (χ0v) is 19.7. The topological polar surface area (TPSA) is 82.3 Å². The summed E-state index contributed by atoms with van der Waals surface area (Å²) in [5, 5.41) is 23.3. The summed E-state index contributed by atoms with van der Waals surface area (Å²) < 4.78 is 5.31. The molecule has 5 nitrogen and oxygen atoms in total. The number of nitrogens with one attached hydrogen (secondary N) is 1. The standard InChI is InChI=1S/C26H32N2O3/c1-16-9-10-22(31-8)21(11-16)28-24(30)18(15-27)12-17-13-19(25(2,3)4)23(29)20(14-17)26(5,6)7/h9-14,29H,1-8H3,(H,28,30)/b18-12+. The van der Waals surface area contributed by atoms with Crippen molar-refractivity contribution in [3.8, 4) is 17.6 Å². The van der Waals surface area contributed by atoms with E-state index < -0.39 is 5.91 Å². The number of benzene rings is 2. The molecule has 2 rings (SSSR count). The van der Waals surface area contributed by atoms with Gasteiger partial charge in [-0.1, -0.05) is 47.6 Å². The summed E-state index contributed by atoms with van der Waals surface area (Å²) in [7, 11) is 1.53. The molecule has 2 aromatic rings. The van der Waals surface area contributed by atoms with E-state index >= 15 is 0 Å². The number of phenols is 1. The molecule has 0 saturated carbocycles. The molecule has 0 saturated heterocycles. The van der Waals surface area contributed by atoms with E-state index in [4.69, 9.17) is 4.74 Å². The van der Waals surface area contributed by atoms with E-state index in [2.05, 4.69) is 5.32 Å². The highest BCUT2D eigenvalue weighted by molar-refractivity contribution is 6.10. The van der Waals surface area contributed by atoms with Gasteiger partial charge in [0, 0.05) is 11.1 Å². The molecule has 0 spiro atoms. The molecule has 0 unspecified atom stereocenters. The van der Waals surface area contributed by atoms with Crippen LogP contribution in [0.4, 0.5) is 5.69 Å². The Balaban J connectivity index is 2.55. The molecule has 0 heterocycles. The fraction of sp³-hybridized carbons (Fsp3) is 0.385. The third-order valence-electron chi connectivity index (χ3n) is 5.03. The molecule has 2 N–H and O–H groups in total. The molecule has 0 aliphatic heterocycles. The Bertz CT molecular complexity index is 1030. The second-order valence-electron chi connectivity index (χ2n) is 9.79. The average molecular weight is 421 g/mol. The first kappa shape index (κ1) is 24.0. The van der Waals surface area contributed by atoms with Crippen molar-refractivity contribution in [1.29, 1.82) is 5.26 Å². The van der Waals surface area contributed by atoms with Crippen LogP contribution in [0.1, 0.15) is 63.8 Å². The van der Waals surface area contributed by atoms with Crippen LogP contribution in [0.25, 0.3) is 6.08 Å². The fourth-order valence-electron chi connectivity index (χ4n) is 3.31. The number of phenolic OH excluding ortho intramolecular Hbond substituents is 1. The van der Waals surface area contributed by atoms with Crippen molar-refractivity contribution in [2.75, 3.05) is 12.4 Å². The number of aromatic hydroxyl groups is 1. The highest BCUT2D eigenvalue weighted by atomic mass is 16.5. The third-order valence-corrected chi connectivity index (χ3v) is 5.03. The van der Waals surface area contributed by atoms with E-state index in [0.29, 0.717) is 17.0 Å². The van der Waals surface area contributed by atoms with Crippen LogP contribution in [0.5, 0.6) is 11.5 Å². The van der Waals surface area contributed by atoms with E-state index in [0.717, 1.165) is 16.7 Å². The highest BCUT2D eigenvalue weighted by Gasteiger charge is 2.26. The number of methoxy groups -OCH3 is 1. The van der Waals surface area contributed by atoms with E-state index in [1.54, 1.807) is 18.2 Å². The van der Waals surface area contributed by atoms with Gasteiger partial charge < -0.3 is 15.2 Å². The third kappa shape index (κ3) is 5.67. The van der Waals surface area contributed by atoms with Gasteiger partial charge in [-0.2, -0.15) is 5.26 Å². The summed E-state index contributed by atoms with van der Waals surface area (Å²) in [5.74, 6) is 0.254.